The Hall–Kier alpha value is -1.55. The molecule has 1 amide bonds. The Balaban J connectivity index is 1.60. The van der Waals surface area contributed by atoms with Gasteiger partial charge in [0.05, 0.1) is 0 Å². The summed E-state index contributed by atoms with van der Waals surface area (Å²) in [5.41, 5.74) is 0. The molecule has 1 aromatic rings. The van der Waals surface area contributed by atoms with Crippen LogP contribution in [0, 0.1) is 0 Å². The van der Waals surface area contributed by atoms with E-state index in [-0.39, 0.29) is 5.91 Å². The van der Waals surface area contributed by atoms with Gasteiger partial charge in [0.25, 0.3) is 5.91 Å². The molecule has 0 saturated carbocycles. The van der Waals surface area contributed by atoms with Crippen molar-refractivity contribution >= 4 is 5.91 Å². The topological polar surface area (TPSA) is 41.6 Å². The summed E-state index contributed by atoms with van der Waals surface area (Å²) in [5, 5.41) is 2.95. The molecule has 1 aliphatic heterocycles. The van der Waals surface area contributed by atoms with Crippen LogP contribution in [0.4, 0.5) is 0 Å². The molecule has 0 spiro atoms. The van der Waals surface area contributed by atoms with E-state index >= 15 is 0 Å². The second kappa shape index (κ2) is 8.67. The number of likely N-dealkylation sites (tertiary alicyclic amines) is 1. The second-order valence-corrected chi connectivity index (χ2v) is 5.62. The second-order valence-electron chi connectivity index (χ2n) is 5.62. The van der Waals surface area contributed by atoms with Crippen LogP contribution in [0.3, 0.4) is 0 Å². The van der Waals surface area contributed by atoms with Crippen LogP contribution in [0.1, 0.15) is 32.6 Å². The zero-order chi connectivity index (χ0) is 14.9. The van der Waals surface area contributed by atoms with Gasteiger partial charge in [-0.3, -0.25) is 4.79 Å². The number of piperidine rings is 1. The summed E-state index contributed by atoms with van der Waals surface area (Å²) in [4.78, 5) is 14.4. The molecule has 2 rings (SSSR count). The molecule has 116 valence electrons. The number of carbonyl (C=O) groups excluding carboxylic acids is 1. The Labute approximate surface area is 127 Å². The van der Waals surface area contributed by atoms with E-state index in [4.69, 9.17) is 4.74 Å². The highest BCUT2D eigenvalue weighted by Crippen LogP contribution is 2.11. The normalized spacial score (nSPS) is 17.2. The van der Waals surface area contributed by atoms with E-state index < -0.39 is 6.10 Å². The molecule has 1 atom stereocenters. The fourth-order valence-electron chi connectivity index (χ4n) is 2.60. The predicted molar refractivity (Wildman–Crippen MR) is 84.4 cm³/mol. The summed E-state index contributed by atoms with van der Waals surface area (Å²) in [6.07, 6.45) is 4.54. The third-order valence-electron chi connectivity index (χ3n) is 3.82. The molecule has 21 heavy (non-hydrogen) atoms. The van der Waals surface area contributed by atoms with Crippen molar-refractivity contribution in [2.24, 2.45) is 0 Å². The van der Waals surface area contributed by atoms with Crippen LogP contribution in [0.2, 0.25) is 0 Å². The largest absolute Gasteiger partial charge is 0.481 e. The van der Waals surface area contributed by atoms with Gasteiger partial charge in [-0.05, 0) is 58.0 Å². The van der Waals surface area contributed by atoms with Crippen molar-refractivity contribution in [1.29, 1.82) is 0 Å². The fraction of sp³-hybridized carbons (Fsp3) is 0.588. The quantitative estimate of drug-likeness (QED) is 0.784. The van der Waals surface area contributed by atoms with Gasteiger partial charge in [-0.15, -0.1) is 0 Å². The zero-order valence-electron chi connectivity index (χ0n) is 12.9. The predicted octanol–water partition coefficient (Wildman–Crippen LogP) is 2.45. The molecular formula is C17H26N2O2. The van der Waals surface area contributed by atoms with Gasteiger partial charge in [0.1, 0.15) is 5.75 Å². The molecule has 4 nitrogen and oxygen atoms in total. The Kier molecular flexibility index (Phi) is 6.54. The summed E-state index contributed by atoms with van der Waals surface area (Å²) in [6.45, 7) is 6.00. The first-order chi connectivity index (χ1) is 10.3. The van der Waals surface area contributed by atoms with Gasteiger partial charge < -0.3 is 15.0 Å². The number of carbonyl (C=O) groups is 1. The molecule has 1 unspecified atom stereocenters. The molecule has 1 N–H and O–H groups in total. The van der Waals surface area contributed by atoms with E-state index in [0.717, 1.165) is 25.3 Å². The summed E-state index contributed by atoms with van der Waals surface area (Å²) in [5.74, 6) is 0.686. The molecule has 1 heterocycles. The number of hydrogen-bond acceptors (Lipinski definition) is 3. The zero-order valence-corrected chi connectivity index (χ0v) is 12.9. The van der Waals surface area contributed by atoms with Crippen LogP contribution in [0.5, 0.6) is 5.75 Å². The highest BCUT2D eigenvalue weighted by molar-refractivity contribution is 5.80. The average molecular weight is 290 g/mol. The SMILES string of the molecule is CC(Oc1ccccc1)C(=O)NCCCN1CCCCC1. The maximum atomic E-state index is 11.9. The third-order valence-corrected chi connectivity index (χ3v) is 3.82. The van der Waals surface area contributed by atoms with Crippen LogP contribution < -0.4 is 10.1 Å². The molecule has 1 fully saturated rings. The van der Waals surface area contributed by atoms with E-state index in [1.54, 1.807) is 6.92 Å². The maximum Gasteiger partial charge on any atom is 0.260 e. The maximum absolute atomic E-state index is 11.9. The molecule has 0 bridgehead atoms. The smallest absolute Gasteiger partial charge is 0.260 e. The number of hydrogen-bond donors (Lipinski definition) is 1. The summed E-state index contributed by atoms with van der Waals surface area (Å²) >= 11 is 0. The van der Waals surface area contributed by atoms with E-state index in [2.05, 4.69) is 10.2 Å². The number of nitrogens with zero attached hydrogens (tertiary/aromatic N) is 1. The van der Waals surface area contributed by atoms with Crippen molar-refractivity contribution in [2.75, 3.05) is 26.2 Å². The first-order valence-electron chi connectivity index (χ1n) is 7.97. The molecule has 1 saturated heterocycles. The highest BCUT2D eigenvalue weighted by atomic mass is 16.5. The fourth-order valence-corrected chi connectivity index (χ4v) is 2.60. The molecule has 0 aromatic heterocycles. The van der Waals surface area contributed by atoms with Crippen LogP contribution in [-0.4, -0.2) is 43.1 Å². The molecule has 1 aromatic carbocycles. The van der Waals surface area contributed by atoms with Gasteiger partial charge in [-0.25, -0.2) is 0 Å². The van der Waals surface area contributed by atoms with Crippen LogP contribution >= 0.6 is 0 Å². The lowest BCUT2D eigenvalue weighted by Gasteiger charge is -2.26. The molecule has 1 aliphatic rings. The standard InChI is InChI=1S/C17H26N2O2/c1-15(21-16-9-4-2-5-10-16)17(20)18-11-8-14-19-12-6-3-7-13-19/h2,4-5,9-10,15H,3,6-8,11-14H2,1H3,(H,18,20). The highest BCUT2D eigenvalue weighted by Gasteiger charge is 2.14. The number of benzene rings is 1. The Bertz CT molecular complexity index is 416. The number of para-hydroxylation sites is 1. The minimum absolute atomic E-state index is 0.0440. The van der Waals surface area contributed by atoms with Crippen LogP contribution in [0.15, 0.2) is 30.3 Å². The number of nitrogens with one attached hydrogen (secondary N) is 1. The van der Waals surface area contributed by atoms with Gasteiger partial charge in [-0.1, -0.05) is 24.6 Å². The summed E-state index contributed by atoms with van der Waals surface area (Å²) in [7, 11) is 0. The number of ether oxygens (including phenoxy) is 1. The third kappa shape index (κ3) is 5.76. The number of rotatable bonds is 7. The minimum atomic E-state index is -0.456. The van der Waals surface area contributed by atoms with Gasteiger partial charge in [-0.2, -0.15) is 0 Å². The van der Waals surface area contributed by atoms with E-state index in [1.165, 1.54) is 32.4 Å². The lowest BCUT2D eigenvalue weighted by molar-refractivity contribution is -0.127. The van der Waals surface area contributed by atoms with E-state index in [0.29, 0.717) is 0 Å². The monoisotopic (exact) mass is 290 g/mol. The molecular weight excluding hydrogens is 264 g/mol. The van der Waals surface area contributed by atoms with Crippen molar-refractivity contribution in [3.63, 3.8) is 0 Å². The van der Waals surface area contributed by atoms with Crippen LogP contribution in [-0.2, 0) is 4.79 Å². The van der Waals surface area contributed by atoms with Crippen LogP contribution in [0.25, 0.3) is 0 Å². The lowest BCUT2D eigenvalue weighted by atomic mass is 10.1. The average Bonchev–Trinajstić information content (AvgIpc) is 2.53. The van der Waals surface area contributed by atoms with Crippen molar-refractivity contribution in [3.05, 3.63) is 30.3 Å². The summed E-state index contributed by atoms with van der Waals surface area (Å²) in [6, 6.07) is 9.45. The van der Waals surface area contributed by atoms with Gasteiger partial charge >= 0.3 is 0 Å². The van der Waals surface area contributed by atoms with Crippen molar-refractivity contribution in [3.8, 4) is 5.75 Å². The summed E-state index contributed by atoms with van der Waals surface area (Å²) < 4.78 is 5.60. The number of amides is 1. The Morgan fingerprint density at radius 2 is 1.95 bits per heavy atom. The van der Waals surface area contributed by atoms with E-state index in [1.807, 2.05) is 30.3 Å². The van der Waals surface area contributed by atoms with Crippen molar-refractivity contribution < 1.29 is 9.53 Å². The van der Waals surface area contributed by atoms with Crippen molar-refractivity contribution in [1.82, 2.24) is 10.2 Å². The van der Waals surface area contributed by atoms with Gasteiger partial charge in [0.2, 0.25) is 0 Å². The molecule has 0 aliphatic carbocycles. The molecule has 0 radical (unpaired) electrons. The first-order valence-corrected chi connectivity index (χ1v) is 7.97. The van der Waals surface area contributed by atoms with Gasteiger partial charge in [0, 0.05) is 6.54 Å². The minimum Gasteiger partial charge on any atom is -0.481 e. The van der Waals surface area contributed by atoms with Crippen molar-refractivity contribution in [2.45, 2.75) is 38.7 Å². The Morgan fingerprint density at radius 3 is 2.67 bits per heavy atom. The molecule has 4 heteroatoms. The Morgan fingerprint density at radius 1 is 1.24 bits per heavy atom. The van der Waals surface area contributed by atoms with Gasteiger partial charge in [0.15, 0.2) is 6.10 Å². The lowest BCUT2D eigenvalue weighted by Crippen LogP contribution is -2.38. The van der Waals surface area contributed by atoms with E-state index in [9.17, 15) is 4.79 Å². The first kappa shape index (κ1) is 15.8.